The largest absolute Gasteiger partial charge is 0.350 e. The number of amides is 1. The zero-order chi connectivity index (χ0) is 21.4. The summed E-state index contributed by atoms with van der Waals surface area (Å²) in [6.07, 6.45) is 3.19. The van der Waals surface area contributed by atoms with E-state index in [9.17, 15) is 9.59 Å². The second-order valence-corrected chi connectivity index (χ2v) is 7.88. The highest BCUT2D eigenvalue weighted by molar-refractivity contribution is 6.05. The number of rotatable bonds is 3. The zero-order valence-electron chi connectivity index (χ0n) is 17.3. The molecule has 1 saturated heterocycles. The van der Waals surface area contributed by atoms with Crippen molar-refractivity contribution in [2.24, 2.45) is 7.05 Å². The molecule has 0 atom stereocenters. The number of hydrogen-bond acceptors (Lipinski definition) is 4. The van der Waals surface area contributed by atoms with Gasteiger partial charge in [-0.25, -0.2) is 14.0 Å². The van der Waals surface area contributed by atoms with Crippen LogP contribution in [0.1, 0.15) is 35.1 Å². The maximum atomic E-state index is 13.2. The molecule has 0 spiro atoms. The Balaban J connectivity index is 1.39. The molecule has 156 valence electrons. The molecule has 1 aliphatic heterocycles. The standard InChI is InChI=1S/C24H23N5O2/c1-27-24(31)29(19-8-3-2-4-9-19)22(26-27)18-12-15-28(16-13-18)23(30)21-20-10-6-5-7-17(20)11-14-25-21/h2-11,14,18H,12-13,15-16H2,1H3. The predicted octanol–water partition coefficient (Wildman–Crippen LogP) is 3.14. The third-order valence-electron chi connectivity index (χ3n) is 5.99. The van der Waals surface area contributed by atoms with Gasteiger partial charge in [0.2, 0.25) is 0 Å². The second kappa shape index (κ2) is 7.83. The highest BCUT2D eigenvalue weighted by atomic mass is 16.2. The van der Waals surface area contributed by atoms with Gasteiger partial charge in [-0.2, -0.15) is 5.10 Å². The van der Waals surface area contributed by atoms with Gasteiger partial charge in [-0.3, -0.25) is 9.78 Å². The van der Waals surface area contributed by atoms with Crippen molar-refractivity contribution in [3.8, 4) is 5.69 Å². The number of benzene rings is 2. The number of para-hydroxylation sites is 1. The van der Waals surface area contributed by atoms with Gasteiger partial charge in [0.25, 0.3) is 5.91 Å². The molecule has 7 heteroatoms. The molecule has 2 aromatic heterocycles. The van der Waals surface area contributed by atoms with E-state index in [0.29, 0.717) is 18.8 Å². The first-order valence-corrected chi connectivity index (χ1v) is 10.5. The molecule has 5 rings (SSSR count). The van der Waals surface area contributed by atoms with Crippen molar-refractivity contribution in [1.82, 2.24) is 24.2 Å². The van der Waals surface area contributed by atoms with Crippen LogP contribution < -0.4 is 5.69 Å². The second-order valence-electron chi connectivity index (χ2n) is 7.88. The van der Waals surface area contributed by atoms with Crippen LogP contribution in [0.25, 0.3) is 16.5 Å². The maximum Gasteiger partial charge on any atom is 0.350 e. The van der Waals surface area contributed by atoms with Gasteiger partial charge in [-0.1, -0.05) is 42.5 Å². The number of nitrogens with zero attached hydrogens (tertiary/aromatic N) is 5. The molecule has 1 fully saturated rings. The summed E-state index contributed by atoms with van der Waals surface area (Å²) in [6.45, 7) is 1.21. The minimum Gasteiger partial charge on any atom is -0.337 e. The van der Waals surface area contributed by atoms with E-state index in [1.54, 1.807) is 17.8 Å². The van der Waals surface area contributed by atoms with E-state index in [0.717, 1.165) is 35.1 Å². The van der Waals surface area contributed by atoms with E-state index < -0.39 is 0 Å². The van der Waals surface area contributed by atoms with Gasteiger partial charge in [0.1, 0.15) is 11.5 Å². The molecule has 1 amide bonds. The van der Waals surface area contributed by atoms with E-state index in [2.05, 4.69) is 10.1 Å². The lowest BCUT2D eigenvalue weighted by atomic mass is 9.95. The van der Waals surface area contributed by atoms with Gasteiger partial charge >= 0.3 is 5.69 Å². The summed E-state index contributed by atoms with van der Waals surface area (Å²) in [5, 5.41) is 6.42. The summed E-state index contributed by atoms with van der Waals surface area (Å²) >= 11 is 0. The van der Waals surface area contributed by atoms with E-state index in [1.807, 2.05) is 65.6 Å². The van der Waals surface area contributed by atoms with Gasteiger partial charge in [-0.15, -0.1) is 0 Å². The molecule has 2 aromatic carbocycles. The van der Waals surface area contributed by atoms with Crippen molar-refractivity contribution in [2.45, 2.75) is 18.8 Å². The van der Waals surface area contributed by atoms with Crippen LogP contribution in [-0.4, -0.2) is 43.2 Å². The van der Waals surface area contributed by atoms with Gasteiger partial charge in [-0.05, 0) is 36.4 Å². The Hall–Kier alpha value is -3.74. The first kappa shape index (κ1) is 19.2. The fourth-order valence-electron chi connectivity index (χ4n) is 4.35. The SMILES string of the molecule is Cn1nc(C2CCN(C(=O)c3nccc4ccccc34)CC2)n(-c2ccccc2)c1=O. The average molecular weight is 413 g/mol. The van der Waals surface area contributed by atoms with Crippen LogP contribution in [0.3, 0.4) is 0 Å². The number of carbonyl (C=O) groups is 1. The number of fused-ring (bicyclic) bond motifs is 1. The Morgan fingerprint density at radius 3 is 2.45 bits per heavy atom. The molecular formula is C24H23N5O2. The Morgan fingerprint density at radius 2 is 1.68 bits per heavy atom. The molecule has 4 aromatic rings. The first-order valence-electron chi connectivity index (χ1n) is 10.5. The fraction of sp³-hybridized carbons (Fsp3) is 0.250. The summed E-state index contributed by atoms with van der Waals surface area (Å²) < 4.78 is 3.08. The smallest absolute Gasteiger partial charge is 0.337 e. The van der Waals surface area contributed by atoms with Gasteiger partial charge in [0.15, 0.2) is 0 Å². The minimum atomic E-state index is -0.153. The maximum absolute atomic E-state index is 13.2. The Morgan fingerprint density at radius 1 is 0.968 bits per heavy atom. The average Bonchev–Trinajstić information content (AvgIpc) is 3.13. The van der Waals surface area contributed by atoms with E-state index >= 15 is 0 Å². The third-order valence-corrected chi connectivity index (χ3v) is 5.99. The van der Waals surface area contributed by atoms with Crippen LogP contribution in [0.5, 0.6) is 0 Å². The molecule has 31 heavy (non-hydrogen) atoms. The number of aryl methyl sites for hydroxylation is 1. The molecule has 1 aliphatic rings. The van der Waals surface area contributed by atoms with Crippen LogP contribution in [0.15, 0.2) is 71.7 Å². The number of piperidine rings is 1. The van der Waals surface area contributed by atoms with Crippen molar-refractivity contribution >= 4 is 16.7 Å². The first-order chi connectivity index (χ1) is 15.1. The molecule has 0 aliphatic carbocycles. The molecule has 0 N–H and O–H groups in total. The van der Waals surface area contributed by atoms with Gasteiger partial charge in [0.05, 0.1) is 5.69 Å². The molecular weight excluding hydrogens is 390 g/mol. The number of hydrogen-bond donors (Lipinski definition) is 0. The van der Waals surface area contributed by atoms with Crippen LogP contribution >= 0.6 is 0 Å². The molecule has 0 radical (unpaired) electrons. The van der Waals surface area contributed by atoms with Crippen molar-refractivity contribution in [3.05, 3.63) is 88.9 Å². The number of pyridine rings is 1. The molecule has 3 heterocycles. The Labute approximate surface area is 179 Å². The molecule has 0 saturated carbocycles. The van der Waals surface area contributed by atoms with Crippen molar-refractivity contribution < 1.29 is 4.79 Å². The predicted molar refractivity (Wildman–Crippen MR) is 118 cm³/mol. The zero-order valence-corrected chi connectivity index (χ0v) is 17.3. The summed E-state index contributed by atoms with van der Waals surface area (Å²) in [6, 6.07) is 19.3. The summed E-state index contributed by atoms with van der Waals surface area (Å²) in [5.41, 5.74) is 1.16. The normalized spacial score (nSPS) is 14.8. The minimum absolute atomic E-state index is 0.0447. The fourth-order valence-corrected chi connectivity index (χ4v) is 4.35. The highest BCUT2D eigenvalue weighted by Gasteiger charge is 2.30. The van der Waals surface area contributed by atoms with E-state index in [-0.39, 0.29) is 17.5 Å². The van der Waals surface area contributed by atoms with E-state index in [4.69, 9.17) is 0 Å². The lowest BCUT2D eigenvalue weighted by Gasteiger charge is -2.31. The van der Waals surface area contributed by atoms with Crippen LogP contribution in [-0.2, 0) is 7.05 Å². The number of carbonyl (C=O) groups excluding carboxylic acids is 1. The number of likely N-dealkylation sites (tertiary alicyclic amines) is 1. The van der Waals surface area contributed by atoms with Gasteiger partial charge in [0, 0.05) is 37.6 Å². The quantitative estimate of drug-likeness (QED) is 0.517. The Kier molecular flexibility index (Phi) is 4.86. The van der Waals surface area contributed by atoms with Gasteiger partial charge < -0.3 is 4.90 Å². The van der Waals surface area contributed by atoms with Crippen molar-refractivity contribution in [3.63, 3.8) is 0 Å². The van der Waals surface area contributed by atoms with Crippen LogP contribution in [0, 0.1) is 0 Å². The highest BCUT2D eigenvalue weighted by Crippen LogP contribution is 2.29. The lowest BCUT2D eigenvalue weighted by Crippen LogP contribution is -2.39. The van der Waals surface area contributed by atoms with Crippen molar-refractivity contribution in [2.75, 3.05) is 13.1 Å². The van der Waals surface area contributed by atoms with E-state index in [1.165, 1.54) is 4.68 Å². The van der Waals surface area contributed by atoms with Crippen molar-refractivity contribution in [1.29, 1.82) is 0 Å². The lowest BCUT2D eigenvalue weighted by molar-refractivity contribution is 0.0707. The summed E-state index contributed by atoms with van der Waals surface area (Å²) in [5.74, 6) is 0.824. The Bertz CT molecular complexity index is 1300. The molecule has 0 unspecified atom stereocenters. The number of aromatic nitrogens is 4. The topological polar surface area (TPSA) is 73.0 Å². The summed E-state index contributed by atoms with van der Waals surface area (Å²) in [4.78, 5) is 32.1. The molecule has 7 nitrogen and oxygen atoms in total. The van der Waals surface area contributed by atoms with Crippen LogP contribution in [0.2, 0.25) is 0 Å². The monoisotopic (exact) mass is 413 g/mol. The summed E-state index contributed by atoms with van der Waals surface area (Å²) in [7, 11) is 1.68. The third kappa shape index (κ3) is 3.42. The molecule has 0 bridgehead atoms. The van der Waals surface area contributed by atoms with Crippen LogP contribution in [0.4, 0.5) is 0 Å².